The third-order valence-corrected chi connectivity index (χ3v) is 13.6. The Morgan fingerprint density at radius 2 is 1.59 bits per heavy atom. The summed E-state index contributed by atoms with van der Waals surface area (Å²) in [5.41, 5.74) is 0.642. The van der Waals surface area contributed by atoms with Crippen molar-refractivity contribution in [2.75, 3.05) is 0 Å². The van der Waals surface area contributed by atoms with Gasteiger partial charge in [-0.1, -0.05) is 83.5 Å². The SMILES string of the molecule is CC1(C)C(=O)C=C[C@]2(C)[C@H]3C(=O)C=C4[C@@H]5C[C@@](C)(C(=O)OCc6ccccc6)CC[C@]5(C)CC[C@@]4(C)[C@]3(C)CC[C@@H]12. The number of fused-ring (bicyclic) bond motifs is 7. The Morgan fingerprint density at radius 1 is 0.902 bits per heavy atom. The van der Waals surface area contributed by atoms with Crippen LogP contribution in [0.1, 0.15) is 99.0 Å². The maximum absolute atomic E-state index is 14.4. The van der Waals surface area contributed by atoms with Crippen molar-refractivity contribution in [1.82, 2.24) is 0 Å². The number of allylic oxidation sites excluding steroid dienone is 4. The average molecular weight is 557 g/mol. The fraction of sp³-hybridized carbons (Fsp3) is 0.649. The quantitative estimate of drug-likeness (QED) is 0.353. The van der Waals surface area contributed by atoms with E-state index in [1.165, 1.54) is 5.57 Å². The van der Waals surface area contributed by atoms with Gasteiger partial charge in [-0.2, -0.15) is 0 Å². The highest BCUT2D eigenvalue weighted by Gasteiger charge is 2.69. The molecule has 5 aliphatic carbocycles. The molecule has 220 valence electrons. The molecule has 0 heterocycles. The van der Waals surface area contributed by atoms with E-state index in [1.54, 1.807) is 6.08 Å². The fourth-order valence-corrected chi connectivity index (χ4v) is 10.6. The summed E-state index contributed by atoms with van der Waals surface area (Å²) in [6, 6.07) is 9.88. The van der Waals surface area contributed by atoms with E-state index in [9.17, 15) is 14.4 Å². The van der Waals surface area contributed by atoms with E-state index >= 15 is 0 Å². The molecule has 3 saturated carbocycles. The van der Waals surface area contributed by atoms with Gasteiger partial charge in [0.1, 0.15) is 6.61 Å². The van der Waals surface area contributed by atoms with E-state index in [1.807, 2.05) is 36.4 Å². The second kappa shape index (κ2) is 9.01. The number of rotatable bonds is 3. The lowest BCUT2D eigenvalue weighted by Gasteiger charge is -2.69. The standard InChI is InChI=1S/C37H48O4/c1-32(2)28-13-16-37(7)30(35(28,5)15-14-29(32)39)27(38)21-25-26-22-34(4,18-17-33(26,3)19-20-36(25,37)6)31(40)41-23-24-11-9-8-10-12-24/h8-12,14-15,21,26,28,30H,13,16-20,22-23H2,1-7H3/t26-,28-,30+,33+,34-,35-,36+,37+/m0/s1. The molecule has 0 N–H and O–H groups in total. The van der Waals surface area contributed by atoms with Crippen LogP contribution in [0.4, 0.5) is 0 Å². The largest absolute Gasteiger partial charge is 0.460 e. The zero-order valence-corrected chi connectivity index (χ0v) is 26.1. The molecule has 0 unspecified atom stereocenters. The third-order valence-electron chi connectivity index (χ3n) is 13.6. The zero-order valence-electron chi connectivity index (χ0n) is 26.1. The Morgan fingerprint density at radius 3 is 2.29 bits per heavy atom. The number of ketones is 2. The highest BCUT2D eigenvalue weighted by Crippen LogP contribution is 2.74. The van der Waals surface area contributed by atoms with Gasteiger partial charge >= 0.3 is 5.97 Å². The number of hydrogen-bond donors (Lipinski definition) is 0. The molecule has 0 aliphatic heterocycles. The molecule has 6 rings (SSSR count). The second-order valence-electron chi connectivity index (χ2n) is 16.1. The number of hydrogen-bond acceptors (Lipinski definition) is 4. The molecule has 5 aliphatic rings. The minimum Gasteiger partial charge on any atom is -0.460 e. The van der Waals surface area contributed by atoms with Gasteiger partial charge in [0.05, 0.1) is 5.41 Å². The number of ether oxygens (including phenoxy) is 1. The van der Waals surface area contributed by atoms with E-state index in [2.05, 4.69) is 54.5 Å². The molecular formula is C37H48O4. The zero-order chi connectivity index (χ0) is 29.6. The highest BCUT2D eigenvalue weighted by atomic mass is 16.5. The van der Waals surface area contributed by atoms with Crippen LogP contribution in [-0.4, -0.2) is 17.5 Å². The van der Waals surface area contributed by atoms with Crippen LogP contribution in [-0.2, 0) is 25.7 Å². The Bertz CT molecular complexity index is 1350. The first-order valence-electron chi connectivity index (χ1n) is 15.8. The van der Waals surface area contributed by atoms with Gasteiger partial charge in [0.2, 0.25) is 0 Å². The summed E-state index contributed by atoms with van der Waals surface area (Å²) in [5.74, 6) is 0.473. The van der Waals surface area contributed by atoms with Crippen LogP contribution in [0.3, 0.4) is 0 Å². The van der Waals surface area contributed by atoms with Gasteiger partial charge in [0.15, 0.2) is 11.6 Å². The van der Waals surface area contributed by atoms with E-state index in [0.29, 0.717) is 6.61 Å². The number of carbonyl (C=O) groups excluding carboxylic acids is 3. The molecular weight excluding hydrogens is 508 g/mol. The average Bonchev–Trinajstić information content (AvgIpc) is 2.92. The van der Waals surface area contributed by atoms with Crippen LogP contribution < -0.4 is 0 Å². The lowest BCUT2D eigenvalue weighted by Crippen LogP contribution is -2.65. The monoisotopic (exact) mass is 556 g/mol. The highest BCUT2D eigenvalue weighted by molar-refractivity contribution is 5.99. The lowest BCUT2D eigenvalue weighted by atomic mass is 9.34. The molecule has 41 heavy (non-hydrogen) atoms. The molecule has 3 fully saturated rings. The van der Waals surface area contributed by atoms with E-state index in [4.69, 9.17) is 4.74 Å². The topological polar surface area (TPSA) is 60.4 Å². The molecule has 0 spiro atoms. The molecule has 0 amide bonds. The van der Waals surface area contributed by atoms with Gasteiger partial charge in [0.25, 0.3) is 0 Å². The second-order valence-corrected chi connectivity index (χ2v) is 16.1. The summed E-state index contributed by atoms with van der Waals surface area (Å²) in [6.07, 6.45) is 12.5. The van der Waals surface area contributed by atoms with Crippen molar-refractivity contribution in [3.8, 4) is 0 Å². The Labute approximate surface area is 246 Å². The molecule has 4 nitrogen and oxygen atoms in total. The molecule has 1 aromatic carbocycles. The summed E-state index contributed by atoms with van der Waals surface area (Å²) in [7, 11) is 0. The molecule has 0 saturated heterocycles. The lowest BCUT2D eigenvalue weighted by molar-refractivity contribution is -0.173. The van der Waals surface area contributed by atoms with Gasteiger partial charge in [0, 0.05) is 16.7 Å². The fourth-order valence-electron chi connectivity index (χ4n) is 10.6. The van der Waals surface area contributed by atoms with Crippen LogP contribution >= 0.6 is 0 Å². The van der Waals surface area contributed by atoms with E-state index in [-0.39, 0.29) is 56.9 Å². The minimum atomic E-state index is -0.570. The maximum Gasteiger partial charge on any atom is 0.312 e. The van der Waals surface area contributed by atoms with Crippen LogP contribution in [0.5, 0.6) is 0 Å². The molecule has 8 atom stereocenters. The summed E-state index contributed by atoms with van der Waals surface area (Å²) in [5, 5.41) is 0. The van der Waals surface area contributed by atoms with Gasteiger partial charge in [-0.05, 0) is 97.7 Å². The van der Waals surface area contributed by atoms with Crippen molar-refractivity contribution in [2.45, 2.75) is 100 Å². The summed E-state index contributed by atoms with van der Waals surface area (Å²) in [4.78, 5) is 41.0. The summed E-state index contributed by atoms with van der Waals surface area (Å²) < 4.78 is 5.91. The van der Waals surface area contributed by atoms with Crippen LogP contribution in [0.2, 0.25) is 0 Å². The van der Waals surface area contributed by atoms with Crippen molar-refractivity contribution in [2.24, 2.45) is 50.2 Å². The van der Waals surface area contributed by atoms with Crippen molar-refractivity contribution in [1.29, 1.82) is 0 Å². The first-order chi connectivity index (χ1) is 19.1. The number of benzene rings is 1. The van der Waals surface area contributed by atoms with Gasteiger partial charge in [-0.15, -0.1) is 0 Å². The molecule has 0 radical (unpaired) electrons. The molecule has 0 bridgehead atoms. The van der Waals surface area contributed by atoms with Gasteiger partial charge in [-0.3, -0.25) is 14.4 Å². The minimum absolute atomic E-state index is 0.0777. The molecule has 0 aromatic heterocycles. The number of carbonyl (C=O) groups is 3. The van der Waals surface area contributed by atoms with Gasteiger partial charge < -0.3 is 4.74 Å². The van der Waals surface area contributed by atoms with E-state index < -0.39 is 10.8 Å². The Balaban J connectivity index is 1.35. The van der Waals surface area contributed by atoms with Gasteiger partial charge in [-0.25, -0.2) is 0 Å². The first-order valence-corrected chi connectivity index (χ1v) is 15.8. The smallest absolute Gasteiger partial charge is 0.312 e. The first kappa shape index (κ1) is 28.6. The Hall–Kier alpha value is -2.49. The third kappa shape index (κ3) is 3.87. The van der Waals surface area contributed by atoms with Crippen molar-refractivity contribution in [3.05, 3.63) is 59.7 Å². The van der Waals surface area contributed by atoms with Crippen molar-refractivity contribution >= 4 is 17.5 Å². The predicted octanol–water partition coefficient (Wildman–Crippen LogP) is 8.06. The Kier molecular flexibility index (Phi) is 6.29. The molecule has 1 aromatic rings. The maximum atomic E-state index is 14.4. The van der Waals surface area contributed by atoms with E-state index in [0.717, 1.165) is 50.5 Å². The molecule has 4 heteroatoms. The normalized spacial score (nSPS) is 44.6. The van der Waals surface area contributed by atoms with Crippen LogP contribution in [0.25, 0.3) is 0 Å². The van der Waals surface area contributed by atoms with Crippen LogP contribution in [0, 0.1) is 50.2 Å². The summed E-state index contributed by atoms with van der Waals surface area (Å²) >= 11 is 0. The van der Waals surface area contributed by atoms with Crippen molar-refractivity contribution in [3.63, 3.8) is 0 Å². The predicted molar refractivity (Wildman–Crippen MR) is 161 cm³/mol. The van der Waals surface area contributed by atoms with Crippen molar-refractivity contribution < 1.29 is 19.1 Å². The van der Waals surface area contributed by atoms with Crippen LogP contribution in [0.15, 0.2) is 54.1 Å². The summed E-state index contributed by atoms with van der Waals surface area (Å²) in [6.45, 7) is 16.0. The number of esters is 1.